The van der Waals surface area contributed by atoms with Crippen LogP contribution in [0.5, 0.6) is 0 Å². The van der Waals surface area contributed by atoms with Crippen molar-refractivity contribution in [2.75, 3.05) is 45.9 Å². The third-order valence-electron chi connectivity index (χ3n) is 5.74. The molecule has 26 heavy (non-hydrogen) atoms. The number of carbonyl (C=O) groups is 2. The Morgan fingerprint density at radius 2 is 1.73 bits per heavy atom. The van der Waals surface area contributed by atoms with E-state index in [0.29, 0.717) is 25.1 Å². The van der Waals surface area contributed by atoms with Gasteiger partial charge in [0.1, 0.15) is 0 Å². The molecule has 2 N–H and O–H groups in total. The maximum absolute atomic E-state index is 12.3. The van der Waals surface area contributed by atoms with E-state index in [9.17, 15) is 9.59 Å². The fourth-order valence-corrected chi connectivity index (χ4v) is 4.15. The Hall–Kier alpha value is -1.34. The van der Waals surface area contributed by atoms with Gasteiger partial charge in [0.2, 0.25) is 5.91 Å². The first-order chi connectivity index (χ1) is 12.7. The number of piperazine rings is 1. The van der Waals surface area contributed by atoms with Gasteiger partial charge in [-0.3, -0.25) is 9.69 Å². The van der Waals surface area contributed by atoms with Gasteiger partial charge in [-0.05, 0) is 25.7 Å². The average molecular weight is 367 g/mol. The van der Waals surface area contributed by atoms with Crippen LogP contribution < -0.4 is 10.6 Å². The highest BCUT2D eigenvalue weighted by Gasteiger charge is 2.25. The Kier molecular flexibility index (Phi) is 7.55. The van der Waals surface area contributed by atoms with Gasteiger partial charge in [0.15, 0.2) is 0 Å². The van der Waals surface area contributed by atoms with Gasteiger partial charge in [-0.25, -0.2) is 4.79 Å². The summed E-state index contributed by atoms with van der Waals surface area (Å²) >= 11 is 0. The van der Waals surface area contributed by atoms with Crippen LogP contribution in [0.15, 0.2) is 0 Å². The first kappa shape index (κ1) is 19.4. The van der Waals surface area contributed by atoms with Gasteiger partial charge in [-0.15, -0.1) is 0 Å². The van der Waals surface area contributed by atoms with E-state index in [-0.39, 0.29) is 11.9 Å². The minimum Gasteiger partial charge on any atom is -0.377 e. The second-order valence-corrected chi connectivity index (χ2v) is 7.81. The number of nitrogens with zero attached hydrogens (tertiary/aromatic N) is 2. The number of ether oxygens (including phenoxy) is 1. The molecule has 0 aromatic heterocycles. The van der Waals surface area contributed by atoms with Crippen molar-refractivity contribution < 1.29 is 14.3 Å². The lowest BCUT2D eigenvalue weighted by atomic mass is 9.95. The third-order valence-corrected chi connectivity index (χ3v) is 5.74. The van der Waals surface area contributed by atoms with Crippen molar-refractivity contribution in [1.82, 2.24) is 20.4 Å². The van der Waals surface area contributed by atoms with Crippen LogP contribution in [0.4, 0.5) is 4.79 Å². The molecule has 3 aliphatic rings. The number of amides is 3. The van der Waals surface area contributed by atoms with Crippen LogP contribution in [0.1, 0.15) is 51.4 Å². The number of nitrogens with one attached hydrogen (secondary N) is 2. The van der Waals surface area contributed by atoms with Crippen LogP contribution in [0, 0.1) is 0 Å². The lowest BCUT2D eigenvalue weighted by Crippen LogP contribution is -2.53. The van der Waals surface area contributed by atoms with Crippen LogP contribution in [0.3, 0.4) is 0 Å². The molecule has 1 atom stereocenters. The molecule has 3 amide bonds. The molecule has 0 aromatic carbocycles. The Morgan fingerprint density at radius 1 is 0.962 bits per heavy atom. The number of hydrogen-bond donors (Lipinski definition) is 2. The van der Waals surface area contributed by atoms with Crippen molar-refractivity contribution >= 4 is 11.9 Å². The molecule has 2 saturated heterocycles. The Bertz CT molecular complexity index is 454. The normalized spacial score (nSPS) is 25.2. The van der Waals surface area contributed by atoms with Gasteiger partial charge in [0.25, 0.3) is 0 Å². The van der Waals surface area contributed by atoms with E-state index in [1.54, 1.807) is 0 Å². The minimum atomic E-state index is -0.0489. The van der Waals surface area contributed by atoms with Crippen molar-refractivity contribution in [2.45, 2.75) is 63.5 Å². The monoisotopic (exact) mass is 366 g/mol. The lowest BCUT2D eigenvalue weighted by Gasteiger charge is -2.35. The quantitative estimate of drug-likeness (QED) is 0.744. The average Bonchev–Trinajstić information content (AvgIpc) is 3.16. The van der Waals surface area contributed by atoms with Crippen molar-refractivity contribution in [3.63, 3.8) is 0 Å². The third kappa shape index (κ3) is 6.13. The van der Waals surface area contributed by atoms with E-state index in [0.717, 1.165) is 58.6 Å². The van der Waals surface area contributed by atoms with E-state index >= 15 is 0 Å². The molecule has 7 nitrogen and oxygen atoms in total. The van der Waals surface area contributed by atoms with Gasteiger partial charge in [-0.1, -0.05) is 19.3 Å². The predicted molar refractivity (Wildman–Crippen MR) is 100 cm³/mol. The van der Waals surface area contributed by atoms with E-state index < -0.39 is 0 Å². The van der Waals surface area contributed by atoms with Crippen molar-refractivity contribution in [2.24, 2.45) is 0 Å². The second-order valence-electron chi connectivity index (χ2n) is 7.81. The van der Waals surface area contributed by atoms with Gasteiger partial charge in [0, 0.05) is 58.3 Å². The molecule has 0 bridgehead atoms. The summed E-state index contributed by atoms with van der Waals surface area (Å²) in [6.07, 6.45) is 8.94. The topological polar surface area (TPSA) is 73.9 Å². The summed E-state index contributed by atoms with van der Waals surface area (Å²) in [5.41, 5.74) is 0. The summed E-state index contributed by atoms with van der Waals surface area (Å²) in [6.45, 7) is 5.57. The summed E-state index contributed by atoms with van der Waals surface area (Å²) in [5.74, 6) is 0.0542. The predicted octanol–water partition coefficient (Wildman–Crippen LogP) is 1.33. The van der Waals surface area contributed by atoms with E-state index in [4.69, 9.17) is 4.74 Å². The number of urea groups is 1. The fraction of sp³-hybridized carbons (Fsp3) is 0.895. The summed E-state index contributed by atoms with van der Waals surface area (Å²) < 4.78 is 5.69. The minimum absolute atomic E-state index is 0.0489. The summed E-state index contributed by atoms with van der Waals surface area (Å²) in [6, 6.07) is 0.288. The fourth-order valence-electron chi connectivity index (χ4n) is 4.15. The zero-order valence-electron chi connectivity index (χ0n) is 15.9. The number of carbonyl (C=O) groups excluding carboxylic acids is 2. The first-order valence-corrected chi connectivity index (χ1v) is 10.4. The van der Waals surface area contributed by atoms with Crippen molar-refractivity contribution in [1.29, 1.82) is 0 Å². The van der Waals surface area contributed by atoms with Crippen LogP contribution in [-0.4, -0.2) is 79.8 Å². The molecular weight excluding hydrogens is 332 g/mol. The van der Waals surface area contributed by atoms with Crippen molar-refractivity contribution in [3.8, 4) is 0 Å². The molecule has 1 unspecified atom stereocenters. The maximum atomic E-state index is 12.3. The van der Waals surface area contributed by atoms with E-state index in [1.807, 2.05) is 4.90 Å². The van der Waals surface area contributed by atoms with Gasteiger partial charge in [0.05, 0.1) is 6.10 Å². The van der Waals surface area contributed by atoms with Gasteiger partial charge in [-0.2, -0.15) is 0 Å². The Morgan fingerprint density at radius 3 is 2.42 bits per heavy atom. The van der Waals surface area contributed by atoms with Crippen LogP contribution in [0.2, 0.25) is 0 Å². The van der Waals surface area contributed by atoms with E-state index in [1.165, 1.54) is 25.7 Å². The highest BCUT2D eigenvalue weighted by molar-refractivity contribution is 5.78. The zero-order valence-corrected chi connectivity index (χ0v) is 15.9. The molecule has 0 radical (unpaired) electrons. The van der Waals surface area contributed by atoms with E-state index in [2.05, 4.69) is 15.5 Å². The summed E-state index contributed by atoms with van der Waals surface area (Å²) in [5, 5.41) is 5.98. The number of hydrogen-bond acceptors (Lipinski definition) is 4. The summed E-state index contributed by atoms with van der Waals surface area (Å²) in [7, 11) is 0. The molecule has 3 fully saturated rings. The molecule has 1 saturated carbocycles. The van der Waals surface area contributed by atoms with Gasteiger partial charge < -0.3 is 20.3 Å². The lowest BCUT2D eigenvalue weighted by molar-refractivity contribution is -0.121. The van der Waals surface area contributed by atoms with Crippen LogP contribution >= 0.6 is 0 Å². The Balaban J connectivity index is 1.26. The second kappa shape index (κ2) is 10.1. The van der Waals surface area contributed by atoms with Crippen molar-refractivity contribution in [3.05, 3.63) is 0 Å². The zero-order chi connectivity index (χ0) is 18.2. The van der Waals surface area contributed by atoms with Crippen LogP contribution in [-0.2, 0) is 9.53 Å². The maximum Gasteiger partial charge on any atom is 0.317 e. The molecule has 2 heterocycles. The molecule has 1 aliphatic carbocycles. The molecule has 3 rings (SSSR count). The first-order valence-electron chi connectivity index (χ1n) is 10.4. The van der Waals surface area contributed by atoms with Crippen LogP contribution in [0.25, 0.3) is 0 Å². The molecule has 0 spiro atoms. The molecule has 0 aromatic rings. The molecule has 148 valence electrons. The molecule has 2 aliphatic heterocycles. The molecular formula is C19H34N4O3. The van der Waals surface area contributed by atoms with Gasteiger partial charge >= 0.3 is 6.03 Å². The number of rotatable bonds is 6. The Labute approximate surface area is 156 Å². The summed E-state index contributed by atoms with van der Waals surface area (Å²) in [4.78, 5) is 28.5. The standard InChI is InChI=1S/C19H34N4O3/c24-18(21-16-5-2-1-3-6-16)8-9-20-19(25)23-12-10-22(11-13-23)15-17-7-4-14-26-17/h16-17H,1-15H2,(H,20,25)(H,21,24). The largest absolute Gasteiger partial charge is 0.377 e. The molecule has 7 heteroatoms. The smallest absolute Gasteiger partial charge is 0.317 e. The highest BCUT2D eigenvalue weighted by Crippen LogP contribution is 2.17. The highest BCUT2D eigenvalue weighted by atomic mass is 16.5. The SMILES string of the molecule is O=C(CCNC(=O)N1CCN(CC2CCCO2)CC1)NC1CCCCC1.